The van der Waals surface area contributed by atoms with E-state index >= 15 is 0 Å². The van der Waals surface area contributed by atoms with Gasteiger partial charge < -0.3 is 19.2 Å². The summed E-state index contributed by atoms with van der Waals surface area (Å²) >= 11 is 0. The first-order valence-corrected chi connectivity index (χ1v) is 9.18. The summed E-state index contributed by atoms with van der Waals surface area (Å²) in [5.41, 5.74) is 1.71. The van der Waals surface area contributed by atoms with E-state index < -0.39 is 5.97 Å². The van der Waals surface area contributed by atoms with E-state index in [-0.39, 0.29) is 23.7 Å². The van der Waals surface area contributed by atoms with Gasteiger partial charge in [0.2, 0.25) is 5.88 Å². The summed E-state index contributed by atoms with van der Waals surface area (Å²) in [6, 6.07) is 3.73. The Morgan fingerprint density at radius 3 is 2.96 bits per heavy atom. The number of nitrogens with zero attached hydrogens (tertiary/aromatic N) is 3. The fourth-order valence-corrected chi connectivity index (χ4v) is 3.41. The first kappa shape index (κ1) is 17.3. The lowest BCUT2D eigenvalue weighted by atomic mass is 10.1. The molecule has 140 valence electrons. The largest absolute Gasteiger partial charge is 0.504 e. The quantitative estimate of drug-likeness (QED) is 0.827. The molecule has 2 aliphatic rings. The van der Waals surface area contributed by atoms with E-state index in [1.54, 1.807) is 25.4 Å². The summed E-state index contributed by atoms with van der Waals surface area (Å²) in [5, 5.41) is 10.7. The molecule has 1 N–H and O–H groups in total. The summed E-state index contributed by atoms with van der Waals surface area (Å²) in [5.74, 6) is 0.436. The number of aromatic nitrogens is 1. The number of furan rings is 1. The Kier molecular flexibility index (Phi) is 4.66. The van der Waals surface area contributed by atoms with Crippen LogP contribution >= 0.6 is 0 Å². The molecule has 0 radical (unpaired) electrons. The van der Waals surface area contributed by atoms with Crippen molar-refractivity contribution < 1.29 is 19.1 Å². The second-order valence-corrected chi connectivity index (χ2v) is 6.50. The molecule has 2 aromatic rings. The number of aliphatic imine (C=N–C) groups is 1. The Morgan fingerprint density at radius 2 is 2.19 bits per heavy atom. The number of hydrogen-bond donors (Lipinski definition) is 1. The summed E-state index contributed by atoms with van der Waals surface area (Å²) < 4.78 is 11.1. The van der Waals surface area contributed by atoms with Crippen LogP contribution < -0.4 is 4.90 Å². The number of anilines is 1. The number of carbonyl (C=O) groups excluding carboxylic acids is 1. The van der Waals surface area contributed by atoms with Crippen molar-refractivity contribution in [2.45, 2.75) is 26.2 Å². The number of allylic oxidation sites excluding steroid dienone is 1. The number of fused-ring (bicyclic) bond motifs is 1. The first-order valence-electron chi connectivity index (χ1n) is 9.18. The number of piperidine rings is 1. The SMILES string of the molecule is CCOC(=O)c1c(N2CCCCC2)oc(C=C2C=Nc3ncccc32)c1O. The highest BCUT2D eigenvalue weighted by molar-refractivity contribution is 6.21. The summed E-state index contributed by atoms with van der Waals surface area (Å²) in [4.78, 5) is 22.9. The van der Waals surface area contributed by atoms with Gasteiger partial charge in [0.15, 0.2) is 22.9 Å². The lowest BCUT2D eigenvalue weighted by Crippen LogP contribution is -2.30. The van der Waals surface area contributed by atoms with Gasteiger partial charge in [0.25, 0.3) is 0 Å². The summed E-state index contributed by atoms with van der Waals surface area (Å²) in [6.07, 6.45) is 8.22. The van der Waals surface area contributed by atoms with Gasteiger partial charge in [-0.1, -0.05) is 0 Å². The van der Waals surface area contributed by atoms with E-state index in [2.05, 4.69) is 9.98 Å². The molecule has 0 amide bonds. The average Bonchev–Trinajstić information content (AvgIpc) is 3.25. The van der Waals surface area contributed by atoms with E-state index in [1.165, 1.54) is 0 Å². The van der Waals surface area contributed by atoms with Crippen molar-refractivity contribution in [3.63, 3.8) is 0 Å². The molecule has 27 heavy (non-hydrogen) atoms. The Morgan fingerprint density at radius 1 is 1.37 bits per heavy atom. The molecule has 0 unspecified atom stereocenters. The minimum atomic E-state index is -0.578. The number of carbonyl (C=O) groups is 1. The van der Waals surface area contributed by atoms with E-state index in [0.29, 0.717) is 11.7 Å². The fourth-order valence-electron chi connectivity index (χ4n) is 3.41. The third-order valence-electron chi connectivity index (χ3n) is 4.72. The van der Waals surface area contributed by atoms with Gasteiger partial charge in [-0.15, -0.1) is 0 Å². The average molecular weight is 367 g/mol. The second kappa shape index (κ2) is 7.26. The lowest BCUT2D eigenvalue weighted by molar-refractivity contribution is 0.0523. The van der Waals surface area contributed by atoms with Gasteiger partial charge in [0, 0.05) is 36.6 Å². The van der Waals surface area contributed by atoms with Gasteiger partial charge >= 0.3 is 5.97 Å². The van der Waals surface area contributed by atoms with Crippen molar-refractivity contribution in [1.82, 2.24) is 4.98 Å². The highest BCUT2D eigenvalue weighted by Gasteiger charge is 2.30. The molecule has 0 aliphatic carbocycles. The number of aromatic hydroxyl groups is 1. The van der Waals surface area contributed by atoms with Crippen LogP contribution in [0.5, 0.6) is 5.75 Å². The predicted octanol–water partition coefficient (Wildman–Crippen LogP) is 3.80. The maximum Gasteiger partial charge on any atom is 0.347 e. The van der Waals surface area contributed by atoms with E-state index in [9.17, 15) is 9.90 Å². The zero-order valence-electron chi connectivity index (χ0n) is 15.1. The van der Waals surface area contributed by atoms with Crippen molar-refractivity contribution >= 4 is 35.5 Å². The number of hydrogen-bond acceptors (Lipinski definition) is 7. The van der Waals surface area contributed by atoms with E-state index in [0.717, 1.165) is 43.5 Å². The first-order chi connectivity index (χ1) is 13.2. The standard InChI is InChI=1S/C20H21N3O4/c1-2-26-20(25)16-17(24)15(27-19(16)23-9-4-3-5-10-23)11-13-12-22-18-14(13)7-6-8-21-18/h6-8,11-12,24H,2-5,9-10H2,1H3. The Labute approximate surface area is 157 Å². The third-order valence-corrected chi connectivity index (χ3v) is 4.72. The molecule has 1 saturated heterocycles. The number of rotatable bonds is 4. The van der Waals surface area contributed by atoms with Gasteiger partial charge in [0.05, 0.1) is 6.61 Å². The van der Waals surface area contributed by atoms with Crippen LogP contribution in [0.25, 0.3) is 11.6 Å². The molecule has 0 atom stereocenters. The normalized spacial score (nSPS) is 17.4. The monoisotopic (exact) mass is 367 g/mol. The fraction of sp³-hybridized carbons (Fsp3) is 0.350. The van der Waals surface area contributed by atoms with Crippen LogP contribution in [-0.2, 0) is 4.74 Å². The highest BCUT2D eigenvalue weighted by Crippen LogP contribution is 2.40. The molecule has 0 aromatic carbocycles. The molecule has 2 aliphatic heterocycles. The minimum absolute atomic E-state index is 0.0898. The van der Waals surface area contributed by atoms with Crippen molar-refractivity contribution in [1.29, 1.82) is 0 Å². The van der Waals surface area contributed by atoms with Crippen LogP contribution in [0.15, 0.2) is 27.7 Å². The van der Waals surface area contributed by atoms with Crippen LogP contribution in [0.1, 0.15) is 47.9 Å². The molecule has 1 fully saturated rings. The maximum atomic E-state index is 12.5. The minimum Gasteiger partial charge on any atom is -0.504 e. The van der Waals surface area contributed by atoms with Gasteiger partial charge in [-0.3, -0.25) is 0 Å². The predicted molar refractivity (Wildman–Crippen MR) is 103 cm³/mol. The smallest absolute Gasteiger partial charge is 0.347 e. The molecule has 7 nitrogen and oxygen atoms in total. The summed E-state index contributed by atoms with van der Waals surface area (Å²) in [6.45, 7) is 3.52. The summed E-state index contributed by atoms with van der Waals surface area (Å²) in [7, 11) is 0. The van der Waals surface area contributed by atoms with E-state index in [4.69, 9.17) is 9.15 Å². The maximum absolute atomic E-state index is 12.5. The highest BCUT2D eigenvalue weighted by atomic mass is 16.5. The number of ether oxygens (including phenoxy) is 1. The van der Waals surface area contributed by atoms with Crippen LogP contribution in [0.3, 0.4) is 0 Å². The topological polar surface area (TPSA) is 88.2 Å². The molecule has 4 rings (SSSR count). The second-order valence-electron chi connectivity index (χ2n) is 6.50. The van der Waals surface area contributed by atoms with Gasteiger partial charge in [-0.05, 0) is 44.4 Å². The molecule has 0 spiro atoms. The van der Waals surface area contributed by atoms with Crippen LogP contribution in [-0.4, -0.2) is 42.0 Å². The zero-order valence-corrected chi connectivity index (χ0v) is 15.1. The van der Waals surface area contributed by atoms with Crippen LogP contribution in [0.2, 0.25) is 0 Å². The molecule has 0 bridgehead atoms. The van der Waals surface area contributed by atoms with Crippen molar-refractivity contribution in [3.8, 4) is 5.75 Å². The van der Waals surface area contributed by atoms with Gasteiger partial charge in [0.1, 0.15) is 0 Å². The molecule has 7 heteroatoms. The molecular weight excluding hydrogens is 346 g/mol. The Bertz CT molecular complexity index is 923. The zero-order chi connectivity index (χ0) is 18.8. The van der Waals surface area contributed by atoms with Crippen molar-refractivity contribution in [3.05, 3.63) is 35.2 Å². The Balaban J connectivity index is 1.77. The van der Waals surface area contributed by atoms with Gasteiger partial charge in [-0.25, -0.2) is 14.8 Å². The molecule has 0 saturated carbocycles. The van der Waals surface area contributed by atoms with Crippen molar-refractivity contribution in [2.24, 2.45) is 4.99 Å². The van der Waals surface area contributed by atoms with Crippen LogP contribution in [0.4, 0.5) is 11.7 Å². The molecule has 4 heterocycles. The lowest BCUT2D eigenvalue weighted by Gasteiger charge is -2.26. The van der Waals surface area contributed by atoms with E-state index in [1.807, 2.05) is 17.0 Å². The molecule has 2 aromatic heterocycles. The molecular formula is C20H21N3O4. The Hall–Kier alpha value is -3.09. The third kappa shape index (κ3) is 3.20. The van der Waals surface area contributed by atoms with Crippen molar-refractivity contribution in [2.75, 3.05) is 24.6 Å². The number of esters is 1. The number of pyridine rings is 1. The van der Waals surface area contributed by atoms with Crippen LogP contribution in [0, 0.1) is 0 Å². The van der Waals surface area contributed by atoms with Gasteiger partial charge in [-0.2, -0.15) is 0 Å².